The van der Waals surface area contributed by atoms with Crippen LogP contribution in [0, 0.1) is 5.92 Å². The number of rotatable bonds is 3. The van der Waals surface area contributed by atoms with Crippen LogP contribution in [0.5, 0.6) is 0 Å². The molecule has 3 nitrogen and oxygen atoms in total. The summed E-state index contributed by atoms with van der Waals surface area (Å²) in [7, 11) is 0. The lowest BCUT2D eigenvalue weighted by molar-refractivity contribution is 0.223. The van der Waals surface area contributed by atoms with Crippen LogP contribution >= 0.6 is 0 Å². The Morgan fingerprint density at radius 1 is 1.73 bits per heavy atom. The average Bonchev–Trinajstić information content (AvgIpc) is 2.50. The number of hydrogen-bond acceptors (Lipinski definition) is 3. The molecule has 1 aliphatic rings. The Bertz CT molecular complexity index is 119. The minimum atomic E-state index is -0.00782. The zero-order chi connectivity index (χ0) is 8.27. The summed E-state index contributed by atoms with van der Waals surface area (Å²) in [6.07, 6.45) is 1.15. The number of aliphatic hydroxyl groups is 1. The highest BCUT2D eigenvalue weighted by atomic mass is 16.3. The van der Waals surface area contributed by atoms with E-state index >= 15 is 0 Å². The molecule has 3 N–H and O–H groups in total. The van der Waals surface area contributed by atoms with Crippen molar-refractivity contribution in [2.24, 2.45) is 11.7 Å². The SMILES string of the molecule is CCN1CCC(C(N)CO)C1. The molecule has 11 heavy (non-hydrogen) atoms. The van der Waals surface area contributed by atoms with Gasteiger partial charge in [0.15, 0.2) is 0 Å². The third kappa shape index (κ3) is 2.15. The van der Waals surface area contributed by atoms with Crippen molar-refractivity contribution in [1.29, 1.82) is 0 Å². The van der Waals surface area contributed by atoms with E-state index in [1.165, 1.54) is 0 Å². The Morgan fingerprint density at radius 2 is 2.45 bits per heavy atom. The first-order valence-corrected chi connectivity index (χ1v) is 4.36. The molecule has 66 valence electrons. The molecule has 2 atom stereocenters. The van der Waals surface area contributed by atoms with Crippen molar-refractivity contribution >= 4 is 0 Å². The zero-order valence-electron chi connectivity index (χ0n) is 7.16. The molecule has 0 saturated carbocycles. The second-order valence-electron chi connectivity index (χ2n) is 3.29. The molecule has 0 radical (unpaired) electrons. The summed E-state index contributed by atoms with van der Waals surface area (Å²) in [5, 5.41) is 8.81. The van der Waals surface area contributed by atoms with Gasteiger partial charge in [-0.05, 0) is 25.4 Å². The van der Waals surface area contributed by atoms with Crippen LogP contribution in [-0.4, -0.2) is 42.3 Å². The summed E-state index contributed by atoms with van der Waals surface area (Å²) in [4.78, 5) is 2.38. The molecule has 0 aromatic carbocycles. The number of nitrogens with zero attached hydrogens (tertiary/aromatic N) is 1. The maximum Gasteiger partial charge on any atom is 0.0585 e. The maximum atomic E-state index is 8.81. The summed E-state index contributed by atoms with van der Waals surface area (Å²) in [6.45, 7) is 5.61. The van der Waals surface area contributed by atoms with Gasteiger partial charge in [-0.3, -0.25) is 0 Å². The van der Waals surface area contributed by atoms with Crippen molar-refractivity contribution in [3.63, 3.8) is 0 Å². The summed E-state index contributed by atoms with van der Waals surface area (Å²) in [5.74, 6) is 0.514. The first-order chi connectivity index (χ1) is 5.27. The van der Waals surface area contributed by atoms with Crippen LogP contribution in [0.3, 0.4) is 0 Å². The molecule has 2 unspecified atom stereocenters. The number of aliphatic hydroxyl groups excluding tert-OH is 1. The van der Waals surface area contributed by atoms with E-state index in [0.29, 0.717) is 5.92 Å². The first-order valence-electron chi connectivity index (χ1n) is 4.36. The molecule has 0 aromatic heterocycles. The second-order valence-corrected chi connectivity index (χ2v) is 3.29. The smallest absolute Gasteiger partial charge is 0.0585 e. The first kappa shape index (κ1) is 8.97. The Kier molecular flexibility index (Phi) is 3.30. The summed E-state index contributed by atoms with van der Waals surface area (Å²) in [5.41, 5.74) is 5.72. The molecule has 0 spiro atoms. The predicted octanol–water partition coefficient (Wildman–Crippen LogP) is -0.352. The second kappa shape index (κ2) is 4.04. The molecule has 1 aliphatic heterocycles. The van der Waals surface area contributed by atoms with E-state index in [1.807, 2.05) is 0 Å². The quantitative estimate of drug-likeness (QED) is 0.590. The monoisotopic (exact) mass is 158 g/mol. The van der Waals surface area contributed by atoms with Gasteiger partial charge in [0, 0.05) is 12.6 Å². The van der Waals surface area contributed by atoms with Crippen LogP contribution in [0.2, 0.25) is 0 Å². The van der Waals surface area contributed by atoms with Crippen molar-refractivity contribution < 1.29 is 5.11 Å². The number of hydrogen-bond donors (Lipinski definition) is 2. The average molecular weight is 158 g/mol. The van der Waals surface area contributed by atoms with Crippen molar-refractivity contribution in [1.82, 2.24) is 4.90 Å². The standard InChI is InChI=1S/C8H18N2O/c1-2-10-4-3-7(5-10)8(9)6-11/h7-8,11H,2-6,9H2,1H3. The summed E-state index contributed by atoms with van der Waals surface area (Å²) in [6, 6.07) is -0.00782. The fourth-order valence-electron chi connectivity index (χ4n) is 1.65. The van der Waals surface area contributed by atoms with Gasteiger partial charge in [-0.25, -0.2) is 0 Å². The molecule has 1 saturated heterocycles. The van der Waals surface area contributed by atoms with Gasteiger partial charge in [0.1, 0.15) is 0 Å². The third-order valence-corrected chi connectivity index (χ3v) is 2.57. The van der Waals surface area contributed by atoms with Crippen LogP contribution in [0.4, 0.5) is 0 Å². The van der Waals surface area contributed by atoms with E-state index in [1.54, 1.807) is 0 Å². The minimum Gasteiger partial charge on any atom is -0.395 e. The molecule has 1 rings (SSSR count). The third-order valence-electron chi connectivity index (χ3n) is 2.57. The molecule has 0 amide bonds. The van der Waals surface area contributed by atoms with Crippen LogP contribution in [0.15, 0.2) is 0 Å². The molecule has 0 aromatic rings. The maximum absolute atomic E-state index is 8.81. The van der Waals surface area contributed by atoms with Gasteiger partial charge in [0.2, 0.25) is 0 Å². The molecular formula is C8H18N2O. The Labute approximate surface area is 68.2 Å². The Balaban J connectivity index is 2.29. The van der Waals surface area contributed by atoms with Gasteiger partial charge in [-0.2, -0.15) is 0 Å². The van der Waals surface area contributed by atoms with Gasteiger partial charge in [-0.1, -0.05) is 6.92 Å². The van der Waals surface area contributed by atoms with Crippen molar-refractivity contribution in [3.8, 4) is 0 Å². The largest absolute Gasteiger partial charge is 0.395 e. The molecule has 1 heterocycles. The predicted molar refractivity (Wildman–Crippen MR) is 45.3 cm³/mol. The number of nitrogens with two attached hydrogens (primary N) is 1. The van der Waals surface area contributed by atoms with Crippen molar-refractivity contribution in [3.05, 3.63) is 0 Å². The molecule has 3 heteroatoms. The van der Waals surface area contributed by atoms with E-state index in [-0.39, 0.29) is 12.6 Å². The van der Waals surface area contributed by atoms with Gasteiger partial charge >= 0.3 is 0 Å². The number of likely N-dealkylation sites (tertiary alicyclic amines) is 1. The van der Waals surface area contributed by atoms with E-state index in [4.69, 9.17) is 10.8 Å². The van der Waals surface area contributed by atoms with Crippen molar-refractivity contribution in [2.45, 2.75) is 19.4 Å². The zero-order valence-corrected chi connectivity index (χ0v) is 7.16. The lowest BCUT2D eigenvalue weighted by Gasteiger charge is -2.17. The normalized spacial score (nSPS) is 29.2. The lowest BCUT2D eigenvalue weighted by Crippen LogP contribution is -2.35. The molecular weight excluding hydrogens is 140 g/mol. The van der Waals surface area contributed by atoms with Gasteiger partial charge in [-0.15, -0.1) is 0 Å². The highest BCUT2D eigenvalue weighted by molar-refractivity contribution is 4.81. The van der Waals surface area contributed by atoms with E-state index in [9.17, 15) is 0 Å². The van der Waals surface area contributed by atoms with Crippen LogP contribution in [0.1, 0.15) is 13.3 Å². The van der Waals surface area contributed by atoms with E-state index in [0.717, 1.165) is 26.1 Å². The summed E-state index contributed by atoms with van der Waals surface area (Å²) >= 11 is 0. The van der Waals surface area contributed by atoms with Crippen molar-refractivity contribution in [2.75, 3.05) is 26.2 Å². The highest BCUT2D eigenvalue weighted by Gasteiger charge is 2.25. The van der Waals surface area contributed by atoms with Gasteiger partial charge in [0.05, 0.1) is 6.61 Å². The lowest BCUT2D eigenvalue weighted by atomic mass is 10.0. The van der Waals surface area contributed by atoms with E-state index < -0.39 is 0 Å². The molecule has 0 aliphatic carbocycles. The van der Waals surface area contributed by atoms with Gasteiger partial charge < -0.3 is 15.7 Å². The fourth-order valence-corrected chi connectivity index (χ4v) is 1.65. The van der Waals surface area contributed by atoms with Gasteiger partial charge in [0.25, 0.3) is 0 Å². The van der Waals surface area contributed by atoms with Crippen LogP contribution in [-0.2, 0) is 0 Å². The Morgan fingerprint density at radius 3 is 2.91 bits per heavy atom. The molecule has 0 bridgehead atoms. The van der Waals surface area contributed by atoms with Crippen LogP contribution < -0.4 is 5.73 Å². The Hall–Kier alpha value is -0.120. The van der Waals surface area contributed by atoms with Crippen LogP contribution in [0.25, 0.3) is 0 Å². The van der Waals surface area contributed by atoms with E-state index in [2.05, 4.69) is 11.8 Å². The minimum absolute atomic E-state index is 0.00782. The fraction of sp³-hybridized carbons (Fsp3) is 1.00. The summed E-state index contributed by atoms with van der Waals surface area (Å²) < 4.78 is 0. The highest BCUT2D eigenvalue weighted by Crippen LogP contribution is 2.17. The molecule has 1 fully saturated rings. The topological polar surface area (TPSA) is 49.5 Å².